The summed E-state index contributed by atoms with van der Waals surface area (Å²) < 4.78 is 6.01. The Morgan fingerprint density at radius 3 is 2.69 bits per heavy atom. The summed E-state index contributed by atoms with van der Waals surface area (Å²) in [6.45, 7) is 3.25. The maximum absolute atomic E-state index is 12.9. The molecule has 2 heterocycles. The van der Waals surface area contributed by atoms with Crippen molar-refractivity contribution in [3.05, 3.63) is 53.3 Å². The number of ether oxygens (including phenoxy) is 1. The van der Waals surface area contributed by atoms with E-state index in [4.69, 9.17) is 21.4 Å². The third-order valence-corrected chi connectivity index (χ3v) is 6.51. The fourth-order valence-corrected chi connectivity index (χ4v) is 4.51. The normalized spacial score (nSPS) is 14.4. The molecule has 1 aliphatic heterocycles. The number of hydrogen-bond donors (Lipinski definition) is 2. The number of aliphatic hydroxyl groups excluding tert-OH is 1. The van der Waals surface area contributed by atoms with E-state index in [2.05, 4.69) is 15.3 Å². The van der Waals surface area contributed by atoms with Gasteiger partial charge in [-0.05, 0) is 56.5 Å². The first kappa shape index (κ1) is 25.7. The molecule has 0 unspecified atom stereocenters. The second-order valence-electron chi connectivity index (χ2n) is 8.79. The van der Waals surface area contributed by atoms with Crippen molar-refractivity contribution in [3.63, 3.8) is 0 Å². The fourth-order valence-electron chi connectivity index (χ4n) is 4.25. The minimum atomic E-state index is -0.783. The van der Waals surface area contributed by atoms with E-state index >= 15 is 0 Å². The van der Waals surface area contributed by atoms with Gasteiger partial charge >= 0.3 is 0 Å². The van der Waals surface area contributed by atoms with Crippen LogP contribution in [0, 0.1) is 0 Å². The zero-order valence-corrected chi connectivity index (χ0v) is 21.2. The molecule has 0 spiro atoms. The molecule has 2 amide bonds. The number of amides is 2. The predicted octanol–water partition coefficient (Wildman–Crippen LogP) is 3.87. The van der Waals surface area contributed by atoms with Gasteiger partial charge in [-0.15, -0.1) is 0 Å². The molecule has 36 heavy (non-hydrogen) atoms. The van der Waals surface area contributed by atoms with Crippen LogP contribution in [0.4, 0.5) is 11.5 Å². The summed E-state index contributed by atoms with van der Waals surface area (Å²) in [5.74, 6) is 0.606. The maximum atomic E-state index is 12.9. The molecule has 1 saturated heterocycles. The van der Waals surface area contributed by atoms with Crippen LogP contribution in [-0.2, 0) is 4.79 Å². The number of rotatable bonds is 8. The van der Waals surface area contributed by atoms with Crippen molar-refractivity contribution < 1.29 is 19.4 Å². The number of halogens is 1. The minimum absolute atomic E-state index is 0.0563. The lowest BCUT2D eigenvalue weighted by molar-refractivity contribution is -0.137. The Hall–Kier alpha value is -3.43. The van der Waals surface area contributed by atoms with Gasteiger partial charge in [-0.3, -0.25) is 9.59 Å². The summed E-state index contributed by atoms with van der Waals surface area (Å²) in [6.07, 6.45) is 3.82. The van der Waals surface area contributed by atoms with Gasteiger partial charge in [-0.1, -0.05) is 17.7 Å². The molecule has 9 nitrogen and oxygen atoms in total. The van der Waals surface area contributed by atoms with Crippen LogP contribution in [0.25, 0.3) is 10.9 Å². The van der Waals surface area contributed by atoms with E-state index < -0.39 is 6.10 Å². The lowest BCUT2D eigenvalue weighted by Crippen LogP contribution is -2.39. The first-order valence-electron chi connectivity index (χ1n) is 12.0. The highest BCUT2D eigenvalue weighted by molar-refractivity contribution is 6.34. The number of likely N-dealkylation sites (N-methyl/N-ethyl adjacent to an activating group) is 1. The smallest absolute Gasteiger partial charge is 0.263 e. The molecular weight excluding hydrogens is 482 g/mol. The first-order chi connectivity index (χ1) is 17.4. The summed E-state index contributed by atoms with van der Waals surface area (Å²) >= 11 is 6.51. The van der Waals surface area contributed by atoms with Crippen LogP contribution >= 0.6 is 11.6 Å². The van der Waals surface area contributed by atoms with Crippen LogP contribution in [0.3, 0.4) is 0 Å². The Morgan fingerprint density at radius 2 is 1.97 bits per heavy atom. The van der Waals surface area contributed by atoms with Crippen LogP contribution in [0.1, 0.15) is 36.5 Å². The number of carbonyl (C=O) groups is 2. The van der Waals surface area contributed by atoms with Gasteiger partial charge in [0.25, 0.3) is 11.8 Å². The van der Waals surface area contributed by atoms with Crippen molar-refractivity contribution in [2.24, 2.45) is 0 Å². The van der Waals surface area contributed by atoms with Crippen LogP contribution in [0.5, 0.6) is 5.75 Å². The van der Waals surface area contributed by atoms with Gasteiger partial charge in [0.05, 0.1) is 28.1 Å². The molecule has 2 aromatic carbocycles. The van der Waals surface area contributed by atoms with Crippen LogP contribution < -0.4 is 10.1 Å². The number of aliphatic hydroxyl groups is 1. The van der Waals surface area contributed by atoms with Gasteiger partial charge in [0.2, 0.25) is 0 Å². The molecule has 1 aliphatic rings. The maximum Gasteiger partial charge on any atom is 0.263 e. The molecule has 1 fully saturated rings. The van der Waals surface area contributed by atoms with Crippen molar-refractivity contribution in [1.82, 2.24) is 19.8 Å². The Labute approximate surface area is 215 Å². The number of piperidine rings is 1. The second kappa shape index (κ2) is 11.5. The predicted molar refractivity (Wildman–Crippen MR) is 139 cm³/mol. The number of likely N-dealkylation sites (tertiary alicyclic amines) is 1. The Kier molecular flexibility index (Phi) is 8.22. The van der Waals surface area contributed by atoms with E-state index in [-0.39, 0.29) is 25.0 Å². The number of nitrogens with one attached hydrogen (secondary N) is 1. The molecule has 3 aromatic rings. The van der Waals surface area contributed by atoms with E-state index in [1.807, 2.05) is 11.0 Å². The molecule has 0 radical (unpaired) electrons. The van der Waals surface area contributed by atoms with E-state index in [0.29, 0.717) is 38.7 Å². The lowest BCUT2D eigenvalue weighted by Gasteiger charge is -2.27. The lowest BCUT2D eigenvalue weighted by atomic mass is 10.1. The van der Waals surface area contributed by atoms with Gasteiger partial charge in [-0.25, -0.2) is 9.97 Å². The first-order valence-corrected chi connectivity index (χ1v) is 12.4. The molecular formula is C26H30ClN5O4. The van der Waals surface area contributed by atoms with E-state index in [1.165, 1.54) is 11.2 Å². The number of carbonyl (C=O) groups excluding carboxylic acids is 2. The largest absolute Gasteiger partial charge is 0.480 e. The fraction of sp³-hybridized carbons (Fsp3) is 0.385. The van der Waals surface area contributed by atoms with Gasteiger partial charge in [0.1, 0.15) is 17.9 Å². The molecule has 1 atom stereocenters. The molecule has 10 heteroatoms. The Morgan fingerprint density at radius 1 is 1.19 bits per heavy atom. The topological polar surface area (TPSA) is 108 Å². The number of aromatic nitrogens is 2. The SMILES string of the molecule is C[C@@H](Oc1cccc2ncnc(Nc3ccc(C(=O)N4CCCCC4)c(Cl)c3)c12)C(=O)N(C)CCO. The molecule has 2 N–H and O–H groups in total. The highest BCUT2D eigenvalue weighted by Crippen LogP contribution is 2.33. The molecule has 0 aliphatic carbocycles. The van der Waals surface area contributed by atoms with Gasteiger partial charge in [-0.2, -0.15) is 0 Å². The molecule has 1 aromatic heterocycles. The van der Waals surface area contributed by atoms with Gasteiger partial charge in [0, 0.05) is 32.4 Å². The summed E-state index contributed by atoms with van der Waals surface area (Å²) in [4.78, 5) is 37.5. The molecule has 4 rings (SSSR count). The van der Waals surface area contributed by atoms with Crippen molar-refractivity contribution in [2.45, 2.75) is 32.3 Å². The van der Waals surface area contributed by atoms with E-state index in [9.17, 15) is 9.59 Å². The standard InChI is InChI=1S/C26H30ClN5O4/c1-17(25(34)31(2)13-14-33)36-22-8-6-7-21-23(22)24(29-16-28-21)30-18-9-10-19(20(27)15-18)26(35)32-11-4-3-5-12-32/h6-10,15-17,33H,3-5,11-14H2,1-2H3,(H,28,29,30)/t17-/m1/s1. The molecule has 0 saturated carbocycles. The zero-order valence-electron chi connectivity index (χ0n) is 20.4. The highest BCUT2D eigenvalue weighted by atomic mass is 35.5. The molecule has 0 bridgehead atoms. The quantitative estimate of drug-likeness (QED) is 0.472. The number of benzene rings is 2. The average Bonchev–Trinajstić information content (AvgIpc) is 2.89. The van der Waals surface area contributed by atoms with Crippen molar-refractivity contribution in [3.8, 4) is 5.75 Å². The number of hydrogen-bond acceptors (Lipinski definition) is 7. The number of fused-ring (bicyclic) bond motifs is 1. The third kappa shape index (κ3) is 5.68. The van der Waals surface area contributed by atoms with Crippen LogP contribution in [-0.4, -0.2) is 76.1 Å². The van der Waals surface area contributed by atoms with Crippen LogP contribution in [0.15, 0.2) is 42.7 Å². The number of nitrogens with zero attached hydrogens (tertiary/aromatic N) is 4. The van der Waals surface area contributed by atoms with Gasteiger partial charge < -0.3 is 25.0 Å². The Balaban J connectivity index is 1.58. The second-order valence-corrected chi connectivity index (χ2v) is 9.20. The summed E-state index contributed by atoms with van der Waals surface area (Å²) in [5, 5.41) is 13.3. The van der Waals surface area contributed by atoms with E-state index in [1.54, 1.807) is 44.3 Å². The van der Waals surface area contributed by atoms with Gasteiger partial charge in [0.15, 0.2) is 6.10 Å². The summed E-state index contributed by atoms with van der Waals surface area (Å²) in [7, 11) is 1.61. The van der Waals surface area contributed by atoms with Crippen molar-refractivity contribution in [2.75, 3.05) is 38.6 Å². The van der Waals surface area contributed by atoms with Crippen LogP contribution in [0.2, 0.25) is 5.02 Å². The van der Waals surface area contributed by atoms with Crippen molar-refractivity contribution in [1.29, 1.82) is 0 Å². The monoisotopic (exact) mass is 511 g/mol. The summed E-state index contributed by atoms with van der Waals surface area (Å²) in [6, 6.07) is 10.6. The van der Waals surface area contributed by atoms with E-state index in [0.717, 1.165) is 32.4 Å². The Bertz CT molecular complexity index is 1240. The third-order valence-electron chi connectivity index (χ3n) is 6.19. The number of anilines is 2. The minimum Gasteiger partial charge on any atom is -0.480 e. The highest BCUT2D eigenvalue weighted by Gasteiger charge is 2.22. The zero-order chi connectivity index (χ0) is 25.7. The summed E-state index contributed by atoms with van der Waals surface area (Å²) in [5.41, 5.74) is 1.76. The average molecular weight is 512 g/mol. The molecule has 190 valence electrons. The van der Waals surface area contributed by atoms with Crippen molar-refractivity contribution >= 4 is 45.8 Å².